The standard InChI is InChI=1S/C14H20ClNOS2/c1-10(2)16(6-3-5-15)14(17)13-8-11-9-18-7-4-12(11)19-13/h8,10H,3-7,9H2,1-2H3. The third-order valence-electron chi connectivity index (χ3n) is 3.26. The molecule has 0 N–H and O–H groups in total. The number of rotatable bonds is 5. The quantitative estimate of drug-likeness (QED) is 0.765. The second-order valence-corrected chi connectivity index (χ2v) is 7.62. The monoisotopic (exact) mass is 317 g/mol. The second kappa shape index (κ2) is 7.00. The lowest BCUT2D eigenvalue weighted by Crippen LogP contribution is -2.37. The molecule has 1 aromatic rings. The Balaban J connectivity index is 2.14. The maximum Gasteiger partial charge on any atom is 0.264 e. The SMILES string of the molecule is CC(C)N(CCCCl)C(=O)c1cc2c(s1)CCSC2. The van der Waals surface area contributed by atoms with Crippen LogP contribution in [0.15, 0.2) is 6.07 Å². The van der Waals surface area contributed by atoms with Gasteiger partial charge in [-0.2, -0.15) is 11.8 Å². The Bertz CT molecular complexity index is 421. The van der Waals surface area contributed by atoms with Gasteiger partial charge in [-0.15, -0.1) is 22.9 Å². The number of carbonyl (C=O) groups is 1. The molecule has 0 saturated carbocycles. The fraction of sp³-hybridized carbons (Fsp3) is 0.643. The molecule has 1 amide bonds. The molecular weight excluding hydrogens is 298 g/mol. The van der Waals surface area contributed by atoms with Gasteiger partial charge in [0, 0.05) is 29.1 Å². The zero-order chi connectivity index (χ0) is 13.8. The van der Waals surface area contributed by atoms with Gasteiger partial charge in [0.05, 0.1) is 4.88 Å². The summed E-state index contributed by atoms with van der Waals surface area (Å²) in [6.07, 6.45) is 1.97. The number of fused-ring (bicyclic) bond motifs is 1. The summed E-state index contributed by atoms with van der Waals surface area (Å²) in [5.74, 6) is 3.02. The largest absolute Gasteiger partial charge is 0.335 e. The summed E-state index contributed by atoms with van der Waals surface area (Å²) in [6, 6.07) is 2.33. The van der Waals surface area contributed by atoms with Crippen molar-refractivity contribution in [3.05, 3.63) is 21.4 Å². The van der Waals surface area contributed by atoms with Gasteiger partial charge in [-0.05, 0) is 44.1 Å². The van der Waals surface area contributed by atoms with Crippen molar-refractivity contribution >= 4 is 40.6 Å². The van der Waals surface area contributed by atoms with Crippen LogP contribution in [0.4, 0.5) is 0 Å². The van der Waals surface area contributed by atoms with Crippen molar-refractivity contribution in [1.29, 1.82) is 0 Å². The maximum atomic E-state index is 12.6. The van der Waals surface area contributed by atoms with Crippen LogP contribution in [0.3, 0.4) is 0 Å². The first kappa shape index (κ1) is 15.2. The van der Waals surface area contributed by atoms with Gasteiger partial charge < -0.3 is 4.90 Å². The van der Waals surface area contributed by atoms with Gasteiger partial charge in [0.2, 0.25) is 0 Å². The predicted molar refractivity (Wildman–Crippen MR) is 85.7 cm³/mol. The second-order valence-electron chi connectivity index (χ2n) is 5.00. The lowest BCUT2D eigenvalue weighted by molar-refractivity contribution is 0.0711. The Morgan fingerprint density at radius 3 is 2.95 bits per heavy atom. The molecule has 5 heteroatoms. The molecule has 106 valence electrons. The zero-order valence-electron chi connectivity index (χ0n) is 11.4. The minimum absolute atomic E-state index is 0.171. The minimum atomic E-state index is 0.171. The van der Waals surface area contributed by atoms with Gasteiger partial charge in [-0.1, -0.05) is 0 Å². The van der Waals surface area contributed by atoms with Gasteiger partial charge >= 0.3 is 0 Å². The van der Waals surface area contributed by atoms with Crippen LogP contribution in [0.2, 0.25) is 0 Å². The van der Waals surface area contributed by atoms with E-state index in [1.165, 1.54) is 16.2 Å². The van der Waals surface area contributed by atoms with E-state index in [0.29, 0.717) is 5.88 Å². The number of hydrogen-bond acceptors (Lipinski definition) is 3. The first-order valence-corrected chi connectivity index (χ1v) is 9.20. The van der Waals surface area contributed by atoms with Gasteiger partial charge in [0.1, 0.15) is 0 Å². The predicted octanol–water partition coefficient (Wildman–Crippen LogP) is 4.02. The highest BCUT2D eigenvalue weighted by Crippen LogP contribution is 2.32. The molecule has 2 heterocycles. The molecule has 1 aliphatic heterocycles. The number of nitrogens with zero attached hydrogens (tertiary/aromatic N) is 1. The van der Waals surface area contributed by atoms with Crippen LogP contribution in [-0.2, 0) is 12.2 Å². The summed E-state index contributed by atoms with van der Waals surface area (Å²) in [5.41, 5.74) is 1.37. The fourth-order valence-electron chi connectivity index (χ4n) is 2.22. The third-order valence-corrected chi connectivity index (χ3v) is 5.76. The molecule has 0 spiro atoms. The Kier molecular flexibility index (Phi) is 5.60. The van der Waals surface area contributed by atoms with E-state index in [1.807, 2.05) is 16.7 Å². The van der Waals surface area contributed by atoms with Crippen molar-refractivity contribution in [3.8, 4) is 0 Å². The molecule has 1 aromatic heterocycles. The number of hydrogen-bond donors (Lipinski definition) is 0. The van der Waals surface area contributed by atoms with Crippen LogP contribution in [0.1, 0.15) is 40.4 Å². The zero-order valence-corrected chi connectivity index (χ0v) is 13.8. The first-order chi connectivity index (χ1) is 9.13. The average Bonchev–Trinajstić information content (AvgIpc) is 2.82. The number of thiophene rings is 1. The number of thioether (sulfide) groups is 1. The van der Waals surface area contributed by atoms with Crippen molar-refractivity contribution in [2.75, 3.05) is 18.2 Å². The van der Waals surface area contributed by atoms with Crippen LogP contribution >= 0.6 is 34.7 Å². The molecule has 0 aromatic carbocycles. The van der Waals surface area contributed by atoms with Gasteiger partial charge in [0.15, 0.2) is 0 Å². The molecule has 0 atom stereocenters. The Labute approximate surface area is 128 Å². The van der Waals surface area contributed by atoms with E-state index in [-0.39, 0.29) is 11.9 Å². The van der Waals surface area contributed by atoms with E-state index >= 15 is 0 Å². The topological polar surface area (TPSA) is 20.3 Å². The molecule has 0 fully saturated rings. The highest BCUT2D eigenvalue weighted by atomic mass is 35.5. The third kappa shape index (κ3) is 3.67. The summed E-state index contributed by atoms with van der Waals surface area (Å²) >= 11 is 9.39. The van der Waals surface area contributed by atoms with E-state index in [2.05, 4.69) is 19.9 Å². The van der Waals surface area contributed by atoms with E-state index in [0.717, 1.165) is 30.0 Å². The molecule has 1 aliphatic rings. The number of carbonyl (C=O) groups excluding carboxylic acids is 1. The lowest BCUT2D eigenvalue weighted by atomic mass is 10.2. The van der Waals surface area contributed by atoms with Crippen LogP contribution in [0.25, 0.3) is 0 Å². The molecule has 0 saturated heterocycles. The minimum Gasteiger partial charge on any atom is -0.335 e. The smallest absolute Gasteiger partial charge is 0.264 e. The van der Waals surface area contributed by atoms with Crippen LogP contribution in [0.5, 0.6) is 0 Å². The molecule has 0 unspecified atom stereocenters. The van der Waals surface area contributed by atoms with E-state index in [9.17, 15) is 4.79 Å². The molecule has 19 heavy (non-hydrogen) atoms. The lowest BCUT2D eigenvalue weighted by Gasteiger charge is -2.26. The molecule has 0 bridgehead atoms. The first-order valence-electron chi connectivity index (χ1n) is 6.69. The Morgan fingerprint density at radius 2 is 2.32 bits per heavy atom. The molecule has 0 aliphatic carbocycles. The Hall–Kier alpha value is -0.190. The van der Waals surface area contributed by atoms with Gasteiger partial charge in [-0.3, -0.25) is 4.79 Å². The van der Waals surface area contributed by atoms with Crippen molar-refractivity contribution in [1.82, 2.24) is 4.90 Å². The fourth-order valence-corrected chi connectivity index (χ4v) is 4.67. The molecule has 2 rings (SSSR count). The molecule has 0 radical (unpaired) electrons. The van der Waals surface area contributed by atoms with Gasteiger partial charge in [-0.25, -0.2) is 0 Å². The van der Waals surface area contributed by atoms with Crippen molar-refractivity contribution in [2.24, 2.45) is 0 Å². The average molecular weight is 318 g/mol. The number of alkyl halides is 1. The molecule has 2 nitrogen and oxygen atoms in total. The molecular formula is C14H20ClNOS2. The maximum absolute atomic E-state index is 12.6. The normalized spacial score (nSPS) is 14.5. The van der Waals surface area contributed by atoms with Gasteiger partial charge in [0.25, 0.3) is 5.91 Å². The summed E-state index contributed by atoms with van der Waals surface area (Å²) in [4.78, 5) is 16.8. The summed E-state index contributed by atoms with van der Waals surface area (Å²) in [7, 11) is 0. The van der Waals surface area contributed by atoms with Crippen molar-refractivity contribution in [2.45, 2.75) is 38.5 Å². The van der Waals surface area contributed by atoms with Crippen LogP contribution < -0.4 is 0 Å². The Morgan fingerprint density at radius 1 is 1.53 bits per heavy atom. The van der Waals surface area contributed by atoms with Crippen LogP contribution in [0, 0.1) is 0 Å². The van der Waals surface area contributed by atoms with Crippen LogP contribution in [-0.4, -0.2) is 35.0 Å². The number of amides is 1. The number of halogens is 1. The summed E-state index contributed by atoms with van der Waals surface area (Å²) in [6.45, 7) is 4.88. The van der Waals surface area contributed by atoms with E-state index in [1.54, 1.807) is 11.3 Å². The summed E-state index contributed by atoms with van der Waals surface area (Å²) in [5, 5.41) is 0. The van der Waals surface area contributed by atoms with E-state index in [4.69, 9.17) is 11.6 Å². The summed E-state index contributed by atoms with van der Waals surface area (Å²) < 4.78 is 0. The number of aryl methyl sites for hydroxylation is 1. The van der Waals surface area contributed by atoms with Crippen molar-refractivity contribution < 1.29 is 4.79 Å². The van der Waals surface area contributed by atoms with E-state index < -0.39 is 0 Å². The highest BCUT2D eigenvalue weighted by molar-refractivity contribution is 7.98. The van der Waals surface area contributed by atoms with Crippen molar-refractivity contribution in [3.63, 3.8) is 0 Å². The highest BCUT2D eigenvalue weighted by Gasteiger charge is 2.23.